The van der Waals surface area contributed by atoms with Crippen LogP contribution in [0.3, 0.4) is 0 Å². The lowest BCUT2D eigenvalue weighted by Crippen LogP contribution is -3.15. The van der Waals surface area contributed by atoms with E-state index in [0.29, 0.717) is 6.54 Å². The van der Waals surface area contributed by atoms with Crippen LogP contribution in [0.1, 0.15) is 18.5 Å². The summed E-state index contributed by atoms with van der Waals surface area (Å²) in [5.74, 6) is 0.390. The van der Waals surface area contributed by atoms with Gasteiger partial charge in [0.25, 0.3) is 5.91 Å². The third kappa shape index (κ3) is 4.73. The minimum absolute atomic E-state index is 0.0337. The number of phenolic OH excluding ortho intramolecular Hbond substituents is 1. The lowest BCUT2D eigenvalue weighted by molar-refractivity contribution is -0.892. The van der Waals surface area contributed by atoms with Crippen LogP contribution in [0, 0.1) is 0 Å². The zero-order valence-corrected chi connectivity index (χ0v) is 14.6. The Balaban J connectivity index is 1.45. The van der Waals surface area contributed by atoms with Gasteiger partial charge in [-0.15, -0.1) is 0 Å². The van der Waals surface area contributed by atoms with Crippen LogP contribution in [0.15, 0.2) is 54.6 Å². The number of quaternary nitrogens is 1. The number of benzene rings is 2. The Hall–Kier alpha value is -2.53. The van der Waals surface area contributed by atoms with Crippen molar-refractivity contribution in [1.82, 2.24) is 5.32 Å². The number of hydrogen-bond donors (Lipinski definition) is 3. The summed E-state index contributed by atoms with van der Waals surface area (Å²) in [7, 11) is 0. The topological polar surface area (TPSA) is 57.0 Å². The van der Waals surface area contributed by atoms with Crippen LogP contribution in [-0.2, 0) is 4.79 Å². The number of aromatic hydroxyl groups is 1. The van der Waals surface area contributed by atoms with Crippen LogP contribution in [0.25, 0.3) is 0 Å². The Labute approximate surface area is 148 Å². The van der Waals surface area contributed by atoms with Crippen molar-refractivity contribution in [1.29, 1.82) is 0 Å². The summed E-state index contributed by atoms with van der Waals surface area (Å²) in [6, 6.07) is 17.4. The van der Waals surface area contributed by atoms with E-state index in [0.717, 1.165) is 37.4 Å². The van der Waals surface area contributed by atoms with E-state index in [1.54, 1.807) is 12.1 Å². The van der Waals surface area contributed by atoms with E-state index >= 15 is 0 Å². The molecule has 1 heterocycles. The number of carbonyl (C=O) groups is 1. The summed E-state index contributed by atoms with van der Waals surface area (Å²) in [5, 5.41) is 12.5. The second-order valence-electron chi connectivity index (χ2n) is 6.63. The first-order valence-corrected chi connectivity index (χ1v) is 8.83. The highest BCUT2D eigenvalue weighted by Gasteiger charge is 2.23. The molecule has 0 spiro atoms. The molecule has 1 atom stereocenters. The summed E-state index contributed by atoms with van der Waals surface area (Å²) in [5.41, 5.74) is 2.25. The Bertz CT molecular complexity index is 680. The molecule has 5 heteroatoms. The molecule has 1 aliphatic heterocycles. The highest BCUT2D eigenvalue weighted by atomic mass is 16.3. The Morgan fingerprint density at radius 2 is 1.76 bits per heavy atom. The molecule has 0 radical (unpaired) electrons. The SMILES string of the molecule is C[C@@H](NC(=O)C[NH+]1CCN(c2ccc(O)cc2)CC1)c1ccccc1. The van der Waals surface area contributed by atoms with E-state index < -0.39 is 0 Å². The number of hydrogen-bond acceptors (Lipinski definition) is 3. The fourth-order valence-electron chi connectivity index (χ4n) is 3.27. The van der Waals surface area contributed by atoms with E-state index in [9.17, 15) is 9.90 Å². The van der Waals surface area contributed by atoms with Gasteiger partial charge in [-0.25, -0.2) is 0 Å². The molecule has 0 bridgehead atoms. The van der Waals surface area contributed by atoms with Gasteiger partial charge in [0.15, 0.2) is 6.54 Å². The minimum Gasteiger partial charge on any atom is -0.508 e. The first-order chi connectivity index (χ1) is 12.1. The highest BCUT2D eigenvalue weighted by Crippen LogP contribution is 2.18. The normalized spacial score (nSPS) is 16.4. The molecule has 1 amide bonds. The van der Waals surface area contributed by atoms with E-state index in [-0.39, 0.29) is 17.7 Å². The molecule has 0 aromatic heterocycles. The second kappa shape index (κ2) is 8.03. The van der Waals surface area contributed by atoms with Crippen LogP contribution in [-0.4, -0.2) is 43.7 Å². The Morgan fingerprint density at radius 1 is 1.12 bits per heavy atom. The maximum absolute atomic E-state index is 12.3. The van der Waals surface area contributed by atoms with Gasteiger partial charge in [0.05, 0.1) is 32.2 Å². The zero-order chi connectivity index (χ0) is 17.6. The van der Waals surface area contributed by atoms with Crippen molar-refractivity contribution in [3.8, 4) is 5.75 Å². The van der Waals surface area contributed by atoms with Crippen LogP contribution in [0.2, 0.25) is 0 Å². The van der Waals surface area contributed by atoms with Gasteiger partial charge in [-0.2, -0.15) is 0 Å². The summed E-state index contributed by atoms with van der Waals surface area (Å²) < 4.78 is 0. The lowest BCUT2D eigenvalue weighted by atomic mass is 10.1. The Kier molecular flexibility index (Phi) is 5.56. The van der Waals surface area contributed by atoms with Crippen molar-refractivity contribution in [3.63, 3.8) is 0 Å². The summed E-state index contributed by atoms with van der Waals surface area (Å²) in [6.45, 7) is 6.25. The largest absolute Gasteiger partial charge is 0.508 e. The van der Waals surface area contributed by atoms with Gasteiger partial charge < -0.3 is 20.2 Å². The molecule has 0 aliphatic carbocycles. The standard InChI is InChI=1S/C20H25N3O2/c1-16(17-5-3-2-4-6-17)21-20(25)15-22-11-13-23(14-12-22)18-7-9-19(24)10-8-18/h2-10,16,24H,11-15H2,1H3,(H,21,25)/p+1/t16-/m1/s1. The molecule has 0 unspecified atom stereocenters. The third-order valence-corrected chi connectivity index (χ3v) is 4.77. The van der Waals surface area contributed by atoms with Gasteiger partial charge in [0.2, 0.25) is 0 Å². The molecule has 2 aromatic rings. The van der Waals surface area contributed by atoms with Gasteiger partial charge in [-0.1, -0.05) is 30.3 Å². The number of nitrogens with zero attached hydrogens (tertiary/aromatic N) is 1. The number of nitrogens with one attached hydrogen (secondary N) is 2. The fraction of sp³-hybridized carbons (Fsp3) is 0.350. The van der Waals surface area contributed by atoms with E-state index in [1.807, 2.05) is 49.4 Å². The lowest BCUT2D eigenvalue weighted by Gasteiger charge is -2.33. The number of anilines is 1. The maximum Gasteiger partial charge on any atom is 0.275 e. The average molecular weight is 340 g/mol. The van der Waals surface area contributed by atoms with Crippen molar-refractivity contribution < 1.29 is 14.8 Å². The first kappa shape index (κ1) is 17.3. The van der Waals surface area contributed by atoms with Crippen LogP contribution in [0.4, 0.5) is 5.69 Å². The van der Waals surface area contributed by atoms with Gasteiger partial charge in [-0.3, -0.25) is 4.79 Å². The molecule has 3 N–H and O–H groups in total. The van der Waals surface area contributed by atoms with E-state index in [4.69, 9.17) is 0 Å². The molecule has 1 aliphatic rings. The van der Waals surface area contributed by atoms with Gasteiger partial charge in [0.1, 0.15) is 5.75 Å². The van der Waals surface area contributed by atoms with Crippen molar-refractivity contribution in [3.05, 3.63) is 60.2 Å². The van der Waals surface area contributed by atoms with Crippen molar-refractivity contribution >= 4 is 11.6 Å². The third-order valence-electron chi connectivity index (χ3n) is 4.77. The van der Waals surface area contributed by atoms with Crippen molar-refractivity contribution in [2.45, 2.75) is 13.0 Å². The number of amides is 1. The minimum atomic E-state index is 0.0337. The van der Waals surface area contributed by atoms with Crippen LogP contribution < -0.4 is 15.1 Å². The monoisotopic (exact) mass is 340 g/mol. The van der Waals surface area contributed by atoms with E-state index in [2.05, 4.69) is 10.2 Å². The van der Waals surface area contributed by atoms with Crippen LogP contribution in [0.5, 0.6) is 5.75 Å². The molecular weight excluding hydrogens is 314 g/mol. The van der Waals surface area contributed by atoms with E-state index in [1.165, 1.54) is 4.90 Å². The smallest absolute Gasteiger partial charge is 0.275 e. The van der Waals surface area contributed by atoms with Crippen LogP contribution >= 0.6 is 0 Å². The fourth-order valence-corrected chi connectivity index (χ4v) is 3.27. The van der Waals surface area contributed by atoms with Crippen molar-refractivity contribution in [2.24, 2.45) is 0 Å². The highest BCUT2D eigenvalue weighted by molar-refractivity contribution is 5.77. The number of carbonyl (C=O) groups excluding carboxylic acids is 1. The van der Waals surface area contributed by atoms with Gasteiger partial charge in [-0.05, 0) is 36.8 Å². The number of rotatable bonds is 5. The molecular formula is C20H26N3O2+. The first-order valence-electron chi connectivity index (χ1n) is 8.83. The number of piperazine rings is 1. The maximum atomic E-state index is 12.3. The summed E-state index contributed by atoms with van der Waals surface area (Å²) >= 11 is 0. The zero-order valence-electron chi connectivity index (χ0n) is 14.6. The predicted octanol–water partition coefficient (Wildman–Crippen LogP) is 0.975. The second-order valence-corrected chi connectivity index (χ2v) is 6.63. The molecule has 25 heavy (non-hydrogen) atoms. The molecule has 132 valence electrons. The molecule has 1 fully saturated rings. The molecule has 3 rings (SSSR count). The number of phenols is 1. The molecule has 5 nitrogen and oxygen atoms in total. The molecule has 0 saturated carbocycles. The van der Waals surface area contributed by atoms with Gasteiger partial charge in [0, 0.05) is 5.69 Å². The quantitative estimate of drug-likeness (QED) is 0.760. The predicted molar refractivity (Wildman–Crippen MR) is 98.9 cm³/mol. The molecule has 1 saturated heterocycles. The molecule has 2 aromatic carbocycles. The summed E-state index contributed by atoms with van der Waals surface area (Å²) in [4.78, 5) is 15.9. The Morgan fingerprint density at radius 3 is 2.40 bits per heavy atom. The summed E-state index contributed by atoms with van der Waals surface area (Å²) in [6.07, 6.45) is 0. The average Bonchev–Trinajstić information content (AvgIpc) is 2.64. The van der Waals surface area contributed by atoms with Gasteiger partial charge >= 0.3 is 0 Å². The van der Waals surface area contributed by atoms with Crippen molar-refractivity contribution in [2.75, 3.05) is 37.6 Å².